The molecule has 0 aliphatic carbocycles. The second-order valence-corrected chi connectivity index (χ2v) is 5.85. The van der Waals surface area contributed by atoms with Crippen LogP contribution in [0.3, 0.4) is 0 Å². The second kappa shape index (κ2) is 7.81. The number of hydrogen-bond acceptors (Lipinski definition) is 2. The van der Waals surface area contributed by atoms with Crippen molar-refractivity contribution >= 4 is 17.5 Å². The number of para-hydroxylation sites is 1. The number of nitrogens with one attached hydrogen (secondary N) is 1. The Hall–Kier alpha value is -1.84. The van der Waals surface area contributed by atoms with Gasteiger partial charge in [0.05, 0.1) is 0 Å². The highest BCUT2D eigenvalue weighted by atomic mass is 16.2. The van der Waals surface area contributed by atoms with Crippen LogP contribution in [0.2, 0.25) is 0 Å². The van der Waals surface area contributed by atoms with E-state index in [9.17, 15) is 9.59 Å². The molecule has 0 aliphatic rings. The van der Waals surface area contributed by atoms with Gasteiger partial charge in [-0.05, 0) is 31.4 Å². The van der Waals surface area contributed by atoms with Gasteiger partial charge in [-0.1, -0.05) is 32.0 Å². The van der Waals surface area contributed by atoms with E-state index >= 15 is 0 Å². The van der Waals surface area contributed by atoms with Crippen LogP contribution in [0.25, 0.3) is 0 Å². The van der Waals surface area contributed by atoms with E-state index in [-0.39, 0.29) is 17.9 Å². The van der Waals surface area contributed by atoms with Crippen LogP contribution in [0.4, 0.5) is 5.69 Å². The number of carbonyl (C=O) groups is 2. The van der Waals surface area contributed by atoms with E-state index < -0.39 is 0 Å². The van der Waals surface area contributed by atoms with Crippen LogP contribution in [0.15, 0.2) is 24.3 Å². The highest BCUT2D eigenvalue weighted by Gasteiger charge is 2.15. The third-order valence-electron chi connectivity index (χ3n) is 3.46. The molecule has 4 nitrogen and oxygen atoms in total. The molecule has 4 heteroatoms. The van der Waals surface area contributed by atoms with Gasteiger partial charge in [0, 0.05) is 31.6 Å². The van der Waals surface area contributed by atoms with Crippen LogP contribution in [-0.2, 0) is 9.59 Å². The molecule has 0 aliphatic heterocycles. The third kappa shape index (κ3) is 5.21. The van der Waals surface area contributed by atoms with Crippen molar-refractivity contribution < 1.29 is 9.59 Å². The monoisotopic (exact) mass is 290 g/mol. The van der Waals surface area contributed by atoms with Crippen molar-refractivity contribution in [1.82, 2.24) is 4.90 Å². The summed E-state index contributed by atoms with van der Waals surface area (Å²) in [7, 11) is 0. The molecule has 21 heavy (non-hydrogen) atoms. The summed E-state index contributed by atoms with van der Waals surface area (Å²) >= 11 is 0. The summed E-state index contributed by atoms with van der Waals surface area (Å²) in [5.41, 5.74) is 1.98. The minimum absolute atomic E-state index is 0.000352. The number of hydrogen-bond donors (Lipinski definition) is 1. The molecule has 0 heterocycles. The molecule has 0 fully saturated rings. The predicted molar refractivity (Wildman–Crippen MR) is 86.3 cm³/mol. The molecule has 0 radical (unpaired) electrons. The molecule has 0 atom stereocenters. The minimum atomic E-state index is -0.0602. The number of nitrogens with zero attached hydrogens (tertiary/aromatic N) is 1. The van der Waals surface area contributed by atoms with Gasteiger partial charge in [0.15, 0.2) is 0 Å². The normalized spacial score (nSPS) is 10.8. The molecular weight excluding hydrogens is 264 g/mol. The maximum Gasteiger partial charge on any atom is 0.226 e. The van der Waals surface area contributed by atoms with Gasteiger partial charge in [0.2, 0.25) is 11.8 Å². The van der Waals surface area contributed by atoms with Crippen molar-refractivity contribution in [2.75, 3.05) is 11.9 Å². The molecule has 0 saturated carbocycles. The molecule has 116 valence electrons. The fourth-order valence-corrected chi connectivity index (χ4v) is 2.33. The SMILES string of the molecule is CC(=O)N(CCC(=O)Nc1ccccc1C(C)C)C(C)C. The van der Waals surface area contributed by atoms with Crippen molar-refractivity contribution in [3.05, 3.63) is 29.8 Å². The van der Waals surface area contributed by atoms with Crippen LogP contribution in [-0.4, -0.2) is 29.3 Å². The van der Waals surface area contributed by atoms with Crippen molar-refractivity contribution in [2.45, 2.75) is 53.0 Å². The first-order chi connectivity index (χ1) is 9.82. The molecule has 0 unspecified atom stereocenters. The van der Waals surface area contributed by atoms with Gasteiger partial charge in [-0.25, -0.2) is 0 Å². The number of anilines is 1. The first-order valence-electron chi connectivity index (χ1n) is 7.49. The van der Waals surface area contributed by atoms with Crippen molar-refractivity contribution in [2.24, 2.45) is 0 Å². The van der Waals surface area contributed by atoms with Gasteiger partial charge >= 0.3 is 0 Å². The van der Waals surface area contributed by atoms with Gasteiger partial charge in [0.25, 0.3) is 0 Å². The van der Waals surface area contributed by atoms with E-state index in [1.807, 2.05) is 38.1 Å². The zero-order chi connectivity index (χ0) is 16.0. The Balaban J connectivity index is 2.64. The lowest BCUT2D eigenvalue weighted by Gasteiger charge is -2.25. The second-order valence-electron chi connectivity index (χ2n) is 5.85. The van der Waals surface area contributed by atoms with Gasteiger partial charge in [-0.2, -0.15) is 0 Å². The molecule has 1 aromatic carbocycles. The zero-order valence-corrected chi connectivity index (χ0v) is 13.6. The van der Waals surface area contributed by atoms with Crippen molar-refractivity contribution in [3.8, 4) is 0 Å². The fourth-order valence-electron chi connectivity index (χ4n) is 2.33. The summed E-state index contributed by atoms with van der Waals surface area (Å²) in [4.78, 5) is 25.3. The molecule has 0 bridgehead atoms. The number of carbonyl (C=O) groups excluding carboxylic acids is 2. The van der Waals surface area contributed by atoms with Crippen LogP contribution in [0.5, 0.6) is 0 Å². The first-order valence-corrected chi connectivity index (χ1v) is 7.49. The number of benzene rings is 1. The lowest BCUT2D eigenvalue weighted by atomic mass is 10.0. The molecule has 1 aromatic rings. The largest absolute Gasteiger partial charge is 0.340 e. The Bertz CT molecular complexity index is 495. The summed E-state index contributed by atoms with van der Waals surface area (Å²) in [5, 5.41) is 2.95. The van der Waals surface area contributed by atoms with Crippen molar-refractivity contribution in [3.63, 3.8) is 0 Å². The molecule has 0 saturated heterocycles. The lowest BCUT2D eigenvalue weighted by molar-refractivity contribution is -0.130. The number of amides is 2. The summed E-state index contributed by atoms with van der Waals surface area (Å²) in [6, 6.07) is 7.94. The van der Waals surface area contributed by atoms with E-state index in [0.717, 1.165) is 11.3 Å². The van der Waals surface area contributed by atoms with E-state index in [4.69, 9.17) is 0 Å². The average Bonchev–Trinajstić information content (AvgIpc) is 2.38. The Morgan fingerprint density at radius 2 is 1.76 bits per heavy atom. The lowest BCUT2D eigenvalue weighted by Crippen LogP contribution is -2.37. The Labute approximate surface area is 127 Å². The minimum Gasteiger partial charge on any atom is -0.340 e. The quantitative estimate of drug-likeness (QED) is 0.873. The van der Waals surface area contributed by atoms with Gasteiger partial charge < -0.3 is 10.2 Å². The van der Waals surface area contributed by atoms with Crippen LogP contribution >= 0.6 is 0 Å². The predicted octanol–water partition coefficient (Wildman–Crippen LogP) is 3.40. The highest BCUT2D eigenvalue weighted by molar-refractivity contribution is 5.92. The summed E-state index contributed by atoms with van der Waals surface area (Å²) in [6.45, 7) is 10.1. The summed E-state index contributed by atoms with van der Waals surface area (Å²) in [5.74, 6) is 0.293. The molecule has 0 aromatic heterocycles. The molecular formula is C17H26N2O2. The number of rotatable bonds is 6. The Morgan fingerprint density at radius 3 is 2.29 bits per heavy atom. The van der Waals surface area contributed by atoms with Crippen LogP contribution in [0, 0.1) is 0 Å². The molecule has 1 rings (SSSR count). The van der Waals surface area contributed by atoms with Crippen molar-refractivity contribution in [1.29, 1.82) is 0 Å². The van der Waals surface area contributed by atoms with Gasteiger partial charge in [0.1, 0.15) is 0 Å². The van der Waals surface area contributed by atoms with Gasteiger partial charge in [-0.3, -0.25) is 9.59 Å². The van der Waals surface area contributed by atoms with Crippen LogP contribution < -0.4 is 5.32 Å². The van der Waals surface area contributed by atoms with E-state index in [2.05, 4.69) is 19.2 Å². The maximum atomic E-state index is 12.1. The highest BCUT2D eigenvalue weighted by Crippen LogP contribution is 2.23. The first kappa shape index (κ1) is 17.2. The topological polar surface area (TPSA) is 49.4 Å². The Kier molecular flexibility index (Phi) is 6.40. The fraction of sp³-hybridized carbons (Fsp3) is 0.529. The van der Waals surface area contributed by atoms with Gasteiger partial charge in [-0.15, -0.1) is 0 Å². The zero-order valence-electron chi connectivity index (χ0n) is 13.6. The summed E-state index contributed by atoms with van der Waals surface area (Å²) < 4.78 is 0. The van der Waals surface area contributed by atoms with E-state index in [1.165, 1.54) is 6.92 Å². The third-order valence-corrected chi connectivity index (χ3v) is 3.46. The molecule has 1 N–H and O–H groups in total. The van der Waals surface area contributed by atoms with Crippen LogP contribution in [0.1, 0.15) is 52.5 Å². The maximum absolute atomic E-state index is 12.1. The average molecular weight is 290 g/mol. The molecule has 2 amide bonds. The molecule has 0 spiro atoms. The van der Waals surface area contributed by atoms with E-state index in [0.29, 0.717) is 18.9 Å². The Morgan fingerprint density at radius 1 is 1.14 bits per heavy atom. The smallest absolute Gasteiger partial charge is 0.226 e. The standard InChI is InChI=1S/C17H26N2O2/c1-12(2)15-8-6-7-9-16(15)18-17(21)10-11-19(13(3)4)14(5)20/h6-9,12-13H,10-11H2,1-5H3,(H,18,21). The van der Waals surface area contributed by atoms with E-state index in [1.54, 1.807) is 4.90 Å². The summed E-state index contributed by atoms with van der Waals surface area (Å²) in [6.07, 6.45) is 0.310.